The number of nitrogens with one attached hydrogen (secondary N) is 1. The van der Waals surface area contributed by atoms with E-state index in [-0.39, 0.29) is 30.7 Å². The molecule has 0 aliphatic carbocycles. The van der Waals surface area contributed by atoms with Crippen LogP contribution in [0.2, 0.25) is 0 Å². The molecule has 0 atom stereocenters. The van der Waals surface area contributed by atoms with E-state index >= 15 is 0 Å². The van der Waals surface area contributed by atoms with Crippen molar-refractivity contribution in [1.29, 1.82) is 0 Å². The summed E-state index contributed by atoms with van der Waals surface area (Å²) in [6.45, 7) is 0.700. The van der Waals surface area contributed by atoms with Crippen LogP contribution < -0.4 is 5.32 Å². The average molecular weight is 389 g/mol. The molecule has 1 N–H and O–H groups in total. The van der Waals surface area contributed by atoms with E-state index in [0.717, 1.165) is 5.56 Å². The Hall–Kier alpha value is -3.81. The van der Waals surface area contributed by atoms with Gasteiger partial charge in [0.1, 0.15) is 12.7 Å². The number of carbonyl (C=O) groups is 3. The van der Waals surface area contributed by atoms with Gasteiger partial charge in [-0.3, -0.25) is 19.3 Å². The molecule has 146 valence electrons. The fraction of sp³-hybridized carbons (Fsp3) is 0.190. The van der Waals surface area contributed by atoms with E-state index in [9.17, 15) is 14.4 Å². The van der Waals surface area contributed by atoms with Gasteiger partial charge in [0.15, 0.2) is 0 Å². The normalized spacial score (nSPS) is 12.9. The minimum absolute atomic E-state index is 0.173. The van der Waals surface area contributed by atoms with Crippen molar-refractivity contribution < 1.29 is 14.4 Å². The third-order valence-electron chi connectivity index (χ3n) is 4.75. The molecule has 0 unspecified atom stereocenters. The van der Waals surface area contributed by atoms with Gasteiger partial charge in [-0.15, -0.1) is 0 Å². The molecule has 0 fully saturated rings. The Morgan fingerprint density at radius 1 is 0.966 bits per heavy atom. The highest BCUT2D eigenvalue weighted by Gasteiger charge is 2.34. The van der Waals surface area contributed by atoms with Crippen LogP contribution in [-0.4, -0.2) is 43.9 Å². The molecule has 0 saturated heterocycles. The summed E-state index contributed by atoms with van der Waals surface area (Å²) in [6, 6.07) is 14.2. The maximum absolute atomic E-state index is 12.4. The van der Waals surface area contributed by atoms with Gasteiger partial charge in [-0.1, -0.05) is 30.3 Å². The van der Waals surface area contributed by atoms with Gasteiger partial charge in [0.2, 0.25) is 5.91 Å². The zero-order valence-electron chi connectivity index (χ0n) is 15.6. The molecule has 1 aliphatic heterocycles. The van der Waals surface area contributed by atoms with E-state index in [4.69, 9.17) is 0 Å². The number of nitrogens with zero attached hydrogens (tertiary/aromatic N) is 4. The predicted molar refractivity (Wildman–Crippen MR) is 105 cm³/mol. The molecule has 0 saturated carbocycles. The molecule has 4 rings (SSSR count). The van der Waals surface area contributed by atoms with Crippen LogP contribution in [0.15, 0.2) is 61.2 Å². The number of amides is 3. The maximum Gasteiger partial charge on any atom is 0.261 e. The van der Waals surface area contributed by atoms with Crippen molar-refractivity contribution in [2.45, 2.75) is 19.4 Å². The second-order valence-corrected chi connectivity index (χ2v) is 6.71. The number of fused-ring (bicyclic) bond motifs is 1. The number of imide groups is 1. The highest BCUT2D eigenvalue weighted by molar-refractivity contribution is 6.21. The molecule has 3 amide bonds. The summed E-state index contributed by atoms with van der Waals surface area (Å²) in [5, 5.41) is 6.98. The summed E-state index contributed by atoms with van der Waals surface area (Å²) < 4.78 is 1.67. The van der Waals surface area contributed by atoms with Gasteiger partial charge in [-0.05, 0) is 30.2 Å². The Kier molecular flexibility index (Phi) is 5.15. The summed E-state index contributed by atoms with van der Waals surface area (Å²) in [6.07, 6.45) is 3.66. The largest absolute Gasteiger partial charge is 0.326 e. The predicted octanol–water partition coefficient (Wildman–Crippen LogP) is 2.34. The molecule has 8 heteroatoms. The molecule has 8 nitrogen and oxygen atoms in total. The Morgan fingerprint density at radius 2 is 1.66 bits per heavy atom. The smallest absolute Gasteiger partial charge is 0.261 e. The third kappa shape index (κ3) is 3.91. The molecule has 29 heavy (non-hydrogen) atoms. The first-order chi connectivity index (χ1) is 14.1. The lowest BCUT2D eigenvalue weighted by Crippen LogP contribution is -2.31. The van der Waals surface area contributed by atoms with Gasteiger partial charge in [0, 0.05) is 18.7 Å². The molecular weight excluding hydrogens is 370 g/mol. The van der Waals surface area contributed by atoms with Crippen molar-refractivity contribution in [1.82, 2.24) is 19.7 Å². The van der Waals surface area contributed by atoms with Crippen LogP contribution >= 0.6 is 0 Å². The van der Waals surface area contributed by atoms with Gasteiger partial charge in [-0.2, -0.15) is 5.10 Å². The van der Waals surface area contributed by atoms with Crippen LogP contribution in [0.3, 0.4) is 0 Å². The van der Waals surface area contributed by atoms with Crippen LogP contribution in [0.25, 0.3) is 0 Å². The highest BCUT2D eigenvalue weighted by Crippen LogP contribution is 2.23. The van der Waals surface area contributed by atoms with E-state index < -0.39 is 0 Å². The summed E-state index contributed by atoms with van der Waals surface area (Å²) in [5.74, 6) is -0.777. The SMILES string of the molecule is O=C(CCCN1C(=O)c2ccccc2C1=O)Nc1ccccc1Cn1cncn1. The first kappa shape index (κ1) is 18.5. The topological polar surface area (TPSA) is 97.2 Å². The monoisotopic (exact) mass is 389 g/mol. The van der Waals surface area contributed by atoms with Crippen LogP contribution in [-0.2, 0) is 11.3 Å². The van der Waals surface area contributed by atoms with Gasteiger partial charge >= 0.3 is 0 Å². The second kappa shape index (κ2) is 8.05. The van der Waals surface area contributed by atoms with Crippen molar-refractivity contribution >= 4 is 23.4 Å². The molecule has 0 bridgehead atoms. The number of benzene rings is 2. The Balaban J connectivity index is 1.33. The molecule has 3 aromatic rings. The maximum atomic E-state index is 12.4. The van der Waals surface area contributed by atoms with Crippen LogP contribution in [0.4, 0.5) is 5.69 Å². The lowest BCUT2D eigenvalue weighted by molar-refractivity contribution is -0.116. The average Bonchev–Trinajstić information content (AvgIpc) is 3.32. The zero-order valence-corrected chi connectivity index (χ0v) is 15.6. The van der Waals surface area contributed by atoms with Crippen molar-refractivity contribution in [3.63, 3.8) is 0 Å². The minimum Gasteiger partial charge on any atom is -0.326 e. The lowest BCUT2D eigenvalue weighted by Gasteiger charge is -2.14. The third-order valence-corrected chi connectivity index (χ3v) is 4.75. The van der Waals surface area contributed by atoms with E-state index in [0.29, 0.717) is 29.8 Å². The minimum atomic E-state index is -0.302. The first-order valence-corrected chi connectivity index (χ1v) is 9.29. The van der Waals surface area contributed by atoms with Gasteiger partial charge in [0.05, 0.1) is 17.7 Å². The van der Waals surface area contributed by atoms with E-state index in [1.807, 2.05) is 24.3 Å². The van der Waals surface area contributed by atoms with E-state index in [2.05, 4.69) is 15.4 Å². The highest BCUT2D eigenvalue weighted by atomic mass is 16.2. The summed E-state index contributed by atoms with van der Waals surface area (Å²) in [4.78, 5) is 42.2. The molecule has 0 spiro atoms. The van der Waals surface area contributed by atoms with Crippen LogP contribution in [0.5, 0.6) is 0 Å². The number of carbonyl (C=O) groups excluding carboxylic acids is 3. The summed E-state index contributed by atoms with van der Waals surface area (Å²) >= 11 is 0. The number of rotatable bonds is 7. The van der Waals surface area contributed by atoms with Crippen molar-refractivity contribution in [2.24, 2.45) is 0 Å². The Labute approximate surface area is 167 Å². The quantitative estimate of drug-likeness (QED) is 0.626. The fourth-order valence-corrected chi connectivity index (χ4v) is 3.32. The standard InChI is InChI=1S/C21H19N5O3/c27-19(24-18-9-4-1-6-15(18)12-25-14-22-13-23-25)10-5-11-26-20(28)16-7-2-3-8-17(16)21(26)29/h1-4,6-9,13-14H,5,10-12H2,(H,24,27). The van der Waals surface area contributed by atoms with Gasteiger partial charge in [0.25, 0.3) is 11.8 Å². The Bertz CT molecular complexity index is 1030. The fourth-order valence-electron chi connectivity index (χ4n) is 3.32. The van der Waals surface area contributed by atoms with Crippen molar-refractivity contribution in [3.8, 4) is 0 Å². The second-order valence-electron chi connectivity index (χ2n) is 6.71. The van der Waals surface area contributed by atoms with Crippen LogP contribution in [0.1, 0.15) is 39.1 Å². The molecule has 2 heterocycles. The summed E-state index contributed by atoms with van der Waals surface area (Å²) in [7, 11) is 0. The number of hydrogen-bond acceptors (Lipinski definition) is 5. The Morgan fingerprint density at radius 3 is 2.34 bits per heavy atom. The summed E-state index contributed by atoms with van der Waals surface area (Å²) in [5.41, 5.74) is 2.45. The first-order valence-electron chi connectivity index (χ1n) is 9.29. The zero-order chi connectivity index (χ0) is 20.2. The van der Waals surface area contributed by atoms with Gasteiger partial charge < -0.3 is 5.32 Å². The van der Waals surface area contributed by atoms with Crippen molar-refractivity contribution in [3.05, 3.63) is 77.9 Å². The molecule has 1 aromatic heterocycles. The number of para-hydroxylation sites is 1. The van der Waals surface area contributed by atoms with E-state index in [1.54, 1.807) is 35.3 Å². The molecule has 0 radical (unpaired) electrons. The van der Waals surface area contributed by atoms with Crippen LogP contribution in [0, 0.1) is 0 Å². The molecule has 1 aliphatic rings. The van der Waals surface area contributed by atoms with Gasteiger partial charge in [-0.25, -0.2) is 9.67 Å². The number of aromatic nitrogens is 3. The number of hydrogen-bond donors (Lipinski definition) is 1. The molecule has 2 aromatic carbocycles. The van der Waals surface area contributed by atoms with E-state index in [1.165, 1.54) is 11.2 Å². The number of anilines is 1. The molecular formula is C21H19N5O3. The van der Waals surface area contributed by atoms with Crippen molar-refractivity contribution in [2.75, 3.05) is 11.9 Å². The lowest BCUT2D eigenvalue weighted by atomic mass is 10.1.